The minimum Gasteiger partial charge on any atom is -0.0939 e. The highest BCUT2D eigenvalue weighted by molar-refractivity contribution is 6.58. The fourth-order valence-electron chi connectivity index (χ4n) is 4.07. The second kappa shape index (κ2) is 22.6. The van der Waals surface area contributed by atoms with E-state index in [1.807, 2.05) is 0 Å². The number of rotatable bonds is 21. The van der Waals surface area contributed by atoms with Crippen LogP contribution >= 0.6 is 0 Å². The Morgan fingerprint density at radius 3 is 0.840 bits per heavy atom. The molecule has 1 heteroatoms. The fraction of sp³-hybridized carbons (Fsp3) is 1.00. The number of hydrogen-bond acceptors (Lipinski definition) is 0. The van der Waals surface area contributed by atoms with Crippen molar-refractivity contribution in [1.82, 2.24) is 0 Å². The van der Waals surface area contributed by atoms with E-state index >= 15 is 0 Å². The van der Waals surface area contributed by atoms with Crippen LogP contribution in [0.3, 0.4) is 0 Å². The summed E-state index contributed by atoms with van der Waals surface area (Å²) in [6, 6.07) is 0. The molecule has 0 aromatic rings. The summed E-state index contributed by atoms with van der Waals surface area (Å²) < 4.78 is 0. The smallest absolute Gasteiger partial charge is 0.0939 e. The Hall–Kier alpha value is 0.532. The molecule has 0 radical (unpaired) electrons. The third-order valence-corrected chi connectivity index (χ3v) is 9.57. The molecule has 0 atom stereocenters. The van der Waals surface area contributed by atoms with Gasteiger partial charge in [-0.2, -0.15) is 0 Å². The number of hydrogen-bond donors (Lipinski definition) is 0. The maximum atomic E-state index is 2.32. The quantitative estimate of drug-likeness (QED) is 0.144. The molecule has 0 saturated heterocycles. The van der Waals surface area contributed by atoms with E-state index in [0.717, 1.165) is 0 Å². The predicted octanol–water partition coefficient (Wildman–Crippen LogP) is 9.56. The van der Waals surface area contributed by atoms with Gasteiger partial charge in [0.1, 0.15) is 0 Å². The Labute approximate surface area is 166 Å². The van der Waals surface area contributed by atoms with Crippen molar-refractivity contribution in [3.05, 3.63) is 0 Å². The van der Waals surface area contributed by atoms with Gasteiger partial charge in [-0.25, -0.2) is 0 Å². The van der Waals surface area contributed by atoms with Crippen LogP contribution in [0, 0.1) is 0 Å². The van der Waals surface area contributed by atoms with Crippen molar-refractivity contribution >= 4 is 14.1 Å². The van der Waals surface area contributed by atoms with Crippen molar-refractivity contribution in [3.8, 4) is 0 Å². The topological polar surface area (TPSA) is 0 Å². The Kier molecular flexibility index (Phi) is 23.1. The van der Waals surface area contributed by atoms with Crippen molar-refractivity contribution < 1.29 is 0 Å². The van der Waals surface area contributed by atoms with Crippen molar-refractivity contribution in [2.75, 3.05) is 0 Å². The largest absolute Gasteiger partial charge is 0.261 e. The van der Waals surface area contributed by atoms with Gasteiger partial charge in [-0.05, 0) is 0 Å². The van der Waals surface area contributed by atoms with Gasteiger partial charge in [0.15, 0.2) is 0 Å². The Balaban J connectivity index is 3.76. The number of unbranched alkanes of at least 4 members (excludes halogenated alkanes) is 15. The first-order valence-corrected chi connectivity index (χ1v) is 14.8. The van der Waals surface area contributed by atoms with Crippen molar-refractivity contribution in [2.24, 2.45) is 0 Å². The first-order chi connectivity index (χ1) is 12.3. The monoisotopic (exact) mass is 340 g/mol. The van der Waals surface area contributed by atoms with Gasteiger partial charge in [0.25, 0.3) is 14.1 Å². The minimum atomic E-state index is -0.410. The zero-order valence-electron chi connectivity index (χ0n) is 18.4. The summed E-state index contributed by atoms with van der Waals surface area (Å²) in [6.45, 7) is 6.97. The van der Waals surface area contributed by atoms with Crippen molar-refractivity contribution in [1.29, 1.82) is 0 Å². The van der Waals surface area contributed by atoms with Gasteiger partial charge in [-0.1, -0.05) is 152 Å². The molecular weight excluding hydrogens is 289 g/mol. The van der Waals surface area contributed by atoms with Crippen LogP contribution in [0.15, 0.2) is 0 Å². The molecule has 0 unspecified atom stereocenters. The molecular formula is C24H51Al. The lowest BCUT2D eigenvalue weighted by molar-refractivity contribution is 0.610. The highest BCUT2D eigenvalue weighted by Crippen LogP contribution is 2.20. The lowest BCUT2D eigenvalue weighted by Crippen LogP contribution is -2.12. The van der Waals surface area contributed by atoms with Crippen LogP contribution in [0.5, 0.6) is 0 Å². The zero-order valence-corrected chi connectivity index (χ0v) is 19.6. The summed E-state index contributed by atoms with van der Waals surface area (Å²) in [5.41, 5.74) is 0. The van der Waals surface area contributed by atoms with Gasteiger partial charge in [0.2, 0.25) is 0 Å². The average Bonchev–Trinajstić information content (AvgIpc) is 2.63. The van der Waals surface area contributed by atoms with E-state index in [1.54, 1.807) is 35.1 Å². The van der Waals surface area contributed by atoms with E-state index in [-0.39, 0.29) is 0 Å². The highest BCUT2D eigenvalue weighted by atomic mass is 13.9. The van der Waals surface area contributed by atoms with Gasteiger partial charge in [0, 0.05) is 0 Å². The normalized spacial score (nSPS) is 11.2. The summed E-state index contributed by atoms with van der Waals surface area (Å²) in [7, 11) is 0. The summed E-state index contributed by atoms with van der Waals surface area (Å²) in [4.78, 5) is 0. The second-order valence-electron chi connectivity index (χ2n) is 8.54. The highest BCUT2D eigenvalue weighted by Gasteiger charge is 2.15. The lowest BCUT2D eigenvalue weighted by atomic mass is 0.732. The first kappa shape index (κ1) is 25.5. The maximum absolute atomic E-state index is 2.32. The molecule has 0 aromatic heterocycles. The van der Waals surface area contributed by atoms with Gasteiger partial charge in [-0.15, -0.1) is 0 Å². The van der Waals surface area contributed by atoms with Crippen LogP contribution in [0.1, 0.15) is 136 Å². The third-order valence-electron chi connectivity index (χ3n) is 5.90. The molecule has 0 heterocycles. The first-order valence-electron chi connectivity index (χ1n) is 12.3. The van der Waals surface area contributed by atoms with Crippen LogP contribution in [-0.2, 0) is 0 Å². The molecule has 150 valence electrons. The van der Waals surface area contributed by atoms with E-state index in [9.17, 15) is 0 Å². The summed E-state index contributed by atoms with van der Waals surface area (Å²) in [5.74, 6) is 0. The van der Waals surface area contributed by atoms with Crippen LogP contribution < -0.4 is 0 Å². The maximum Gasteiger partial charge on any atom is 0.261 e. The molecule has 0 bridgehead atoms. The lowest BCUT2D eigenvalue weighted by Gasteiger charge is -2.12. The van der Waals surface area contributed by atoms with Crippen molar-refractivity contribution in [2.45, 2.75) is 152 Å². The Bertz CT molecular complexity index is 188. The van der Waals surface area contributed by atoms with Gasteiger partial charge in [-0.3, -0.25) is 0 Å². The van der Waals surface area contributed by atoms with Gasteiger partial charge >= 0.3 is 0 Å². The van der Waals surface area contributed by atoms with Crippen molar-refractivity contribution in [3.63, 3.8) is 0 Å². The Morgan fingerprint density at radius 1 is 0.320 bits per heavy atom. The molecule has 0 saturated carbocycles. The molecule has 0 aliphatic heterocycles. The molecule has 0 spiro atoms. The molecule has 0 N–H and O–H groups in total. The summed E-state index contributed by atoms with van der Waals surface area (Å²) >= 11 is -0.410. The van der Waals surface area contributed by atoms with E-state index < -0.39 is 14.1 Å². The minimum absolute atomic E-state index is 0.410. The van der Waals surface area contributed by atoms with E-state index in [1.165, 1.54) is 96.3 Å². The van der Waals surface area contributed by atoms with Gasteiger partial charge in [0.05, 0.1) is 0 Å². The van der Waals surface area contributed by atoms with Crippen LogP contribution in [0.25, 0.3) is 0 Å². The molecule has 0 aliphatic rings. The Morgan fingerprint density at radius 2 is 0.560 bits per heavy atom. The molecule has 0 amide bonds. The fourth-order valence-corrected chi connectivity index (χ4v) is 7.54. The van der Waals surface area contributed by atoms with Crippen LogP contribution in [0.4, 0.5) is 0 Å². The second-order valence-corrected chi connectivity index (χ2v) is 12.0. The van der Waals surface area contributed by atoms with E-state index in [4.69, 9.17) is 0 Å². The zero-order chi connectivity index (χ0) is 18.4. The molecule has 0 aliphatic carbocycles. The summed E-state index contributed by atoms with van der Waals surface area (Å²) in [5, 5.41) is 4.99. The van der Waals surface area contributed by atoms with Crippen LogP contribution in [0.2, 0.25) is 15.8 Å². The molecule has 0 fully saturated rings. The third kappa shape index (κ3) is 20.7. The van der Waals surface area contributed by atoms with E-state index in [2.05, 4.69) is 20.8 Å². The molecule has 0 rings (SSSR count). The summed E-state index contributed by atoms with van der Waals surface area (Å²) in [6.07, 6.45) is 26.7. The van der Waals surface area contributed by atoms with E-state index in [0.29, 0.717) is 0 Å². The molecule has 0 aromatic carbocycles. The average molecular weight is 341 g/mol. The van der Waals surface area contributed by atoms with Crippen LogP contribution in [-0.4, -0.2) is 14.1 Å². The molecule has 25 heavy (non-hydrogen) atoms. The van der Waals surface area contributed by atoms with Gasteiger partial charge < -0.3 is 0 Å². The standard InChI is InChI=1S/3C8H17.Al/c3*1-3-5-7-8-6-4-2;/h3*1,3-8H2,2H3;/i;;;1-26. The SMILES string of the molecule is CCCCCCC[CH2][1Al]([CH2]CCCCCCC)[CH2]CCCCCCC. The molecule has 0 nitrogen and oxygen atoms in total. The predicted molar refractivity (Wildman–Crippen MR) is 120 cm³/mol.